The van der Waals surface area contributed by atoms with E-state index < -0.39 is 35.9 Å². The number of aliphatic carboxylic acids is 1. The molecule has 3 amide bonds. The first-order valence-electron chi connectivity index (χ1n) is 10.7. The topological polar surface area (TPSA) is 107 Å². The summed E-state index contributed by atoms with van der Waals surface area (Å²) in [6, 6.07) is 22.7. The molecule has 3 N–H and O–H groups in total. The molecule has 0 radical (unpaired) electrons. The molecule has 0 bridgehead atoms. The Labute approximate surface area is 191 Å². The molecule has 7 nitrogen and oxygen atoms in total. The molecule has 0 unspecified atom stereocenters. The summed E-state index contributed by atoms with van der Waals surface area (Å²) in [6.45, 7) is 0. The number of carbonyl (C=O) groups is 3. The Balaban J connectivity index is 1.49. The summed E-state index contributed by atoms with van der Waals surface area (Å²) < 4.78 is 0. The zero-order valence-corrected chi connectivity index (χ0v) is 17.8. The van der Waals surface area contributed by atoms with Gasteiger partial charge in [-0.05, 0) is 41.7 Å². The quantitative estimate of drug-likeness (QED) is 0.482. The number of aromatic hydroxyl groups is 1. The lowest BCUT2D eigenvalue weighted by molar-refractivity contribution is -0.166. The number of nitrogens with one attached hydrogen (secondary N) is 1. The van der Waals surface area contributed by atoms with Gasteiger partial charge in [0.05, 0.1) is 12.0 Å². The number of hydrogen-bond donors (Lipinski definition) is 3. The van der Waals surface area contributed by atoms with Crippen LogP contribution in [0.4, 0.5) is 4.79 Å². The molecule has 3 aromatic carbocycles. The van der Waals surface area contributed by atoms with Gasteiger partial charge in [-0.1, -0.05) is 72.8 Å². The molecule has 0 aliphatic carbocycles. The zero-order valence-electron chi connectivity index (χ0n) is 17.8. The number of imide groups is 1. The molecule has 0 aromatic heterocycles. The Morgan fingerprint density at radius 3 is 1.94 bits per heavy atom. The summed E-state index contributed by atoms with van der Waals surface area (Å²) in [5, 5.41) is 22.0. The summed E-state index contributed by atoms with van der Waals surface area (Å²) in [4.78, 5) is 38.6. The standard InChI is InChI=1S/C26H24N2O5/c29-20-14-11-17(12-15-20)13-16-21-23(25(31)32)28(24(21)30)26(33)27-22(18-7-3-1-4-8-18)19-9-5-2-6-10-19/h1-12,14-15,21-23,29H,13,16H2,(H,27,33)(H,31,32)/t21-,23+/m1/s1. The van der Waals surface area contributed by atoms with E-state index in [1.165, 1.54) is 0 Å². The lowest BCUT2D eigenvalue weighted by Crippen LogP contribution is -2.68. The SMILES string of the molecule is O=C(O)[C@@H]1[C@@H](CCc2ccc(O)cc2)C(=O)N1C(=O)NC(c1ccccc1)c1ccccc1. The first kappa shape index (κ1) is 22.1. The average molecular weight is 444 g/mol. The molecule has 1 heterocycles. The number of phenols is 1. The van der Waals surface area contributed by atoms with Crippen molar-refractivity contribution in [2.75, 3.05) is 0 Å². The monoisotopic (exact) mass is 444 g/mol. The zero-order chi connectivity index (χ0) is 23.4. The van der Waals surface area contributed by atoms with Gasteiger partial charge in [-0.2, -0.15) is 0 Å². The van der Waals surface area contributed by atoms with E-state index in [0.29, 0.717) is 12.8 Å². The van der Waals surface area contributed by atoms with Crippen molar-refractivity contribution in [3.05, 3.63) is 102 Å². The van der Waals surface area contributed by atoms with Gasteiger partial charge in [0.2, 0.25) is 5.91 Å². The number of amides is 3. The van der Waals surface area contributed by atoms with Crippen LogP contribution in [0.5, 0.6) is 5.75 Å². The van der Waals surface area contributed by atoms with Crippen molar-refractivity contribution in [3.8, 4) is 5.75 Å². The van der Waals surface area contributed by atoms with Gasteiger partial charge in [0.1, 0.15) is 5.75 Å². The van der Waals surface area contributed by atoms with Gasteiger partial charge in [0.25, 0.3) is 0 Å². The highest BCUT2D eigenvalue weighted by Crippen LogP contribution is 2.32. The minimum Gasteiger partial charge on any atom is -0.508 e. The highest BCUT2D eigenvalue weighted by molar-refractivity contribution is 6.07. The summed E-state index contributed by atoms with van der Waals surface area (Å²) in [6.07, 6.45) is 0.762. The van der Waals surface area contributed by atoms with Crippen LogP contribution in [0, 0.1) is 5.92 Å². The van der Waals surface area contributed by atoms with Crippen molar-refractivity contribution in [3.63, 3.8) is 0 Å². The van der Waals surface area contributed by atoms with Crippen LogP contribution in [-0.4, -0.2) is 39.1 Å². The van der Waals surface area contributed by atoms with Crippen LogP contribution >= 0.6 is 0 Å². The van der Waals surface area contributed by atoms with E-state index in [1.807, 2.05) is 60.7 Å². The highest BCUT2D eigenvalue weighted by atomic mass is 16.4. The second-order valence-electron chi connectivity index (χ2n) is 8.01. The lowest BCUT2D eigenvalue weighted by atomic mass is 9.83. The maximum absolute atomic E-state index is 13.1. The molecule has 0 saturated carbocycles. The number of rotatable bonds is 7. The fourth-order valence-corrected chi connectivity index (χ4v) is 4.17. The third-order valence-corrected chi connectivity index (χ3v) is 5.90. The van der Waals surface area contributed by atoms with Crippen molar-refractivity contribution in [2.45, 2.75) is 24.9 Å². The van der Waals surface area contributed by atoms with E-state index in [0.717, 1.165) is 21.6 Å². The fourth-order valence-electron chi connectivity index (χ4n) is 4.17. The smallest absolute Gasteiger partial charge is 0.327 e. The number of phenolic OH excluding ortho intramolecular Hbond substituents is 1. The number of aryl methyl sites for hydroxylation is 1. The van der Waals surface area contributed by atoms with Gasteiger partial charge in [0.15, 0.2) is 6.04 Å². The van der Waals surface area contributed by atoms with Crippen molar-refractivity contribution >= 4 is 17.9 Å². The van der Waals surface area contributed by atoms with Crippen LogP contribution < -0.4 is 5.32 Å². The van der Waals surface area contributed by atoms with Crippen molar-refractivity contribution < 1.29 is 24.6 Å². The van der Waals surface area contributed by atoms with Gasteiger partial charge in [-0.25, -0.2) is 14.5 Å². The van der Waals surface area contributed by atoms with E-state index in [4.69, 9.17) is 0 Å². The first-order valence-corrected chi connectivity index (χ1v) is 10.7. The molecule has 1 aliphatic rings. The number of likely N-dealkylation sites (tertiary alicyclic amines) is 1. The van der Waals surface area contributed by atoms with Gasteiger partial charge < -0.3 is 15.5 Å². The normalized spacial score (nSPS) is 17.5. The number of benzene rings is 3. The Bertz CT molecular complexity index is 1090. The molecule has 3 aromatic rings. The molecule has 33 heavy (non-hydrogen) atoms. The van der Waals surface area contributed by atoms with Crippen molar-refractivity contribution in [2.24, 2.45) is 5.92 Å². The van der Waals surface area contributed by atoms with Crippen LogP contribution in [0.2, 0.25) is 0 Å². The van der Waals surface area contributed by atoms with Gasteiger partial charge in [-0.15, -0.1) is 0 Å². The van der Waals surface area contributed by atoms with Crippen LogP contribution in [0.25, 0.3) is 0 Å². The van der Waals surface area contributed by atoms with Crippen LogP contribution in [0.1, 0.15) is 29.2 Å². The van der Waals surface area contributed by atoms with Crippen LogP contribution in [0.15, 0.2) is 84.9 Å². The molecule has 4 rings (SSSR count). The minimum absolute atomic E-state index is 0.135. The van der Waals surface area contributed by atoms with E-state index in [2.05, 4.69) is 5.32 Å². The van der Waals surface area contributed by atoms with Crippen molar-refractivity contribution in [1.29, 1.82) is 0 Å². The van der Waals surface area contributed by atoms with Crippen LogP contribution in [0.3, 0.4) is 0 Å². The summed E-state index contributed by atoms with van der Waals surface area (Å²) in [7, 11) is 0. The Hall–Kier alpha value is -4.13. The number of carboxylic acid groups (broad SMARTS) is 1. The highest BCUT2D eigenvalue weighted by Gasteiger charge is 2.54. The molecule has 1 saturated heterocycles. The maximum Gasteiger partial charge on any atom is 0.327 e. The largest absolute Gasteiger partial charge is 0.508 e. The van der Waals surface area contributed by atoms with E-state index in [1.54, 1.807) is 24.3 Å². The molecule has 168 valence electrons. The van der Waals surface area contributed by atoms with Gasteiger partial charge in [-0.3, -0.25) is 4.79 Å². The third kappa shape index (κ3) is 4.72. The summed E-state index contributed by atoms with van der Waals surface area (Å²) in [5.74, 6) is -2.36. The molecule has 1 aliphatic heterocycles. The van der Waals surface area contributed by atoms with Gasteiger partial charge >= 0.3 is 12.0 Å². The van der Waals surface area contributed by atoms with Crippen LogP contribution in [-0.2, 0) is 16.0 Å². The first-order chi connectivity index (χ1) is 16.0. The Morgan fingerprint density at radius 1 is 0.879 bits per heavy atom. The Kier molecular flexibility index (Phi) is 6.40. The number of β-lactam (4-membered cyclic amide) rings is 1. The van der Waals surface area contributed by atoms with E-state index >= 15 is 0 Å². The molecular weight excluding hydrogens is 420 g/mol. The minimum atomic E-state index is -1.22. The average Bonchev–Trinajstić information content (AvgIpc) is 2.83. The lowest BCUT2D eigenvalue weighted by Gasteiger charge is -2.43. The van der Waals surface area contributed by atoms with Gasteiger partial charge in [0, 0.05) is 0 Å². The third-order valence-electron chi connectivity index (χ3n) is 5.90. The molecule has 2 atom stereocenters. The number of carbonyl (C=O) groups excluding carboxylic acids is 2. The van der Waals surface area contributed by atoms with E-state index in [9.17, 15) is 24.6 Å². The molecule has 0 spiro atoms. The fraction of sp³-hybridized carbons (Fsp3) is 0.192. The molecule has 1 fully saturated rings. The number of carboxylic acids is 1. The maximum atomic E-state index is 13.1. The number of hydrogen-bond acceptors (Lipinski definition) is 4. The summed E-state index contributed by atoms with van der Waals surface area (Å²) in [5.41, 5.74) is 2.52. The van der Waals surface area contributed by atoms with Crippen molar-refractivity contribution in [1.82, 2.24) is 10.2 Å². The second kappa shape index (κ2) is 9.56. The number of nitrogens with zero attached hydrogens (tertiary/aromatic N) is 1. The second-order valence-corrected chi connectivity index (χ2v) is 8.01. The molecular formula is C26H24N2O5. The predicted octanol–water partition coefficient (Wildman–Crippen LogP) is 3.74. The predicted molar refractivity (Wildman–Crippen MR) is 121 cm³/mol. The number of urea groups is 1. The van der Waals surface area contributed by atoms with E-state index in [-0.39, 0.29) is 5.75 Å². The molecule has 7 heteroatoms. The summed E-state index contributed by atoms with van der Waals surface area (Å²) >= 11 is 0. The Morgan fingerprint density at radius 2 is 1.42 bits per heavy atom.